The van der Waals surface area contributed by atoms with Gasteiger partial charge in [-0.2, -0.15) is 5.10 Å². The van der Waals surface area contributed by atoms with Gasteiger partial charge in [-0.3, -0.25) is 9.89 Å². The summed E-state index contributed by atoms with van der Waals surface area (Å²) in [6, 6.07) is 0.275. The molecule has 1 aromatic rings. The van der Waals surface area contributed by atoms with Crippen LogP contribution < -0.4 is 5.32 Å². The highest BCUT2D eigenvalue weighted by Crippen LogP contribution is 2.06. The molecule has 1 heterocycles. The van der Waals surface area contributed by atoms with Gasteiger partial charge in [0.2, 0.25) is 0 Å². The Hall–Kier alpha value is -1.32. The fourth-order valence-corrected chi connectivity index (χ4v) is 1.57. The lowest BCUT2D eigenvalue weighted by Gasteiger charge is -2.15. The summed E-state index contributed by atoms with van der Waals surface area (Å²) in [4.78, 5) is 11.8. The lowest BCUT2D eigenvalue weighted by Crippen LogP contribution is -2.34. The summed E-state index contributed by atoms with van der Waals surface area (Å²) in [6.07, 6.45) is 4.65. The molecule has 0 aliphatic heterocycles. The number of nitrogens with one attached hydrogen (secondary N) is 2. The van der Waals surface area contributed by atoms with Crippen molar-refractivity contribution >= 4 is 5.91 Å². The molecule has 1 atom stereocenters. The van der Waals surface area contributed by atoms with E-state index in [-0.39, 0.29) is 11.9 Å². The minimum atomic E-state index is -0.0263. The summed E-state index contributed by atoms with van der Waals surface area (Å²) in [5.41, 5.74) is 1.46. The van der Waals surface area contributed by atoms with E-state index in [0.29, 0.717) is 5.56 Å². The monoisotopic (exact) mass is 209 g/mol. The maximum atomic E-state index is 11.8. The molecular formula is C11H19N3O. The van der Waals surface area contributed by atoms with Gasteiger partial charge in [-0.25, -0.2) is 0 Å². The molecule has 0 aliphatic rings. The molecule has 15 heavy (non-hydrogen) atoms. The first-order valence-corrected chi connectivity index (χ1v) is 5.49. The van der Waals surface area contributed by atoms with Crippen molar-refractivity contribution in [1.82, 2.24) is 15.5 Å². The largest absolute Gasteiger partial charge is 0.349 e. The SMILES string of the molecule is CCCC(CC)NC(=O)c1cn[nH]c1C. The molecular weight excluding hydrogens is 190 g/mol. The summed E-state index contributed by atoms with van der Waals surface area (Å²) in [7, 11) is 0. The summed E-state index contributed by atoms with van der Waals surface area (Å²) >= 11 is 0. The van der Waals surface area contributed by atoms with Crippen LogP contribution in [0.4, 0.5) is 0 Å². The van der Waals surface area contributed by atoms with Crippen LogP contribution in [0.5, 0.6) is 0 Å². The first kappa shape index (κ1) is 11.8. The van der Waals surface area contributed by atoms with Crippen molar-refractivity contribution in [3.05, 3.63) is 17.5 Å². The Morgan fingerprint density at radius 3 is 2.80 bits per heavy atom. The quantitative estimate of drug-likeness (QED) is 0.779. The molecule has 0 bridgehead atoms. The highest BCUT2D eigenvalue weighted by Gasteiger charge is 2.14. The lowest BCUT2D eigenvalue weighted by molar-refractivity contribution is 0.0933. The third-order valence-corrected chi connectivity index (χ3v) is 2.54. The van der Waals surface area contributed by atoms with Crippen molar-refractivity contribution in [2.24, 2.45) is 0 Å². The molecule has 0 radical (unpaired) electrons. The van der Waals surface area contributed by atoms with Crippen LogP contribution in [0.25, 0.3) is 0 Å². The number of aryl methyl sites for hydroxylation is 1. The van der Waals surface area contributed by atoms with E-state index in [4.69, 9.17) is 0 Å². The van der Waals surface area contributed by atoms with Gasteiger partial charge in [0.25, 0.3) is 5.91 Å². The molecule has 0 spiro atoms. The average Bonchev–Trinajstić information content (AvgIpc) is 2.63. The smallest absolute Gasteiger partial charge is 0.254 e. The van der Waals surface area contributed by atoms with Crippen LogP contribution in [-0.2, 0) is 0 Å². The fourth-order valence-electron chi connectivity index (χ4n) is 1.57. The number of carbonyl (C=O) groups is 1. The van der Waals surface area contributed by atoms with E-state index < -0.39 is 0 Å². The Bertz CT molecular complexity index is 319. The van der Waals surface area contributed by atoms with Crippen LogP contribution in [0.3, 0.4) is 0 Å². The molecule has 4 nitrogen and oxygen atoms in total. The van der Waals surface area contributed by atoms with Gasteiger partial charge in [-0.1, -0.05) is 20.3 Å². The van der Waals surface area contributed by atoms with Crippen LogP contribution >= 0.6 is 0 Å². The number of hydrogen-bond acceptors (Lipinski definition) is 2. The molecule has 0 saturated heterocycles. The number of aromatic nitrogens is 2. The molecule has 1 unspecified atom stereocenters. The number of hydrogen-bond donors (Lipinski definition) is 2. The number of H-pyrrole nitrogens is 1. The summed E-state index contributed by atoms with van der Waals surface area (Å²) in [6.45, 7) is 6.06. The molecule has 2 N–H and O–H groups in total. The number of nitrogens with zero attached hydrogens (tertiary/aromatic N) is 1. The average molecular weight is 209 g/mol. The minimum Gasteiger partial charge on any atom is -0.349 e. The topological polar surface area (TPSA) is 57.8 Å². The third-order valence-electron chi connectivity index (χ3n) is 2.54. The van der Waals surface area contributed by atoms with Gasteiger partial charge in [0.1, 0.15) is 0 Å². The Morgan fingerprint density at radius 1 is 1.60 bits per heavy atom. The van der Waals surface area contributed by atoms with E-state index in [1.807, 2.05) is 6.92 Å². The maximum Gasteiger partial charge on any atom is 0.254 e. The van der Waals surface area contributed by atoms with Crippen molar-refractivity contribution in [2.75, 3.05) is 0 Å². The van der Waals surface area contributed by atoms with Crippen LogP contribution in [0.15, 0.2) is 6.20 Å². The van der Waals surface area contributed by atoms with Crippen molar-refractivity contribution in [3.63, 3.8) is 0 Å². The first-order chi connectivity index (χ1) is 7.19. The zero-order valence-corrected chi connectivity index (χ0v) is 9.63. The van der Waals surface area contributed by atoms with Gasteiger partial charge in [-0.15, -0.1) is 0 Å². The predicted octanol–water partition coefficient (Wildman–Crippen LogP) is 2.03. The molecule has 1 aromatic heterocycles. The molecule has 0 saturated carbocycles. The van der Waals surface area contributed by atoms with Crippen molar-refractivity contribution in [2.45, 2.75) is 46.1 Å². The molecule has 0 aliphatic carbocycles. The van der Waals surface area contributed by atoms with Gasteiger partial charge in [0, 0.05) is 11.7 Å². The zero-order valence-electron chi connectivity index (χ0n) is 9.63. The highest BCUT2D eigenvalue weighted by molar-refractivity contribution is 5.95. The second kappa shape index (κ2) is 5.53. The van der Waals surface area contributed by atoms with E-state index in [0.717, 1.165) is 25.0 Å². The van der Waals surface area contributed by atoms with Gasteiger partial charge in [-0.05, 0) is 19.8 Å². The van der Waals surface area contributed by atoms with Crippen LogP contribution in [-0.4, -0.2) is 22.1 Å². The minimum absolute atomic E-state index is 0.0263. The molecule has 4 heteroatoms. The molecule has 0 fully saturated rings. The normalized spacial score (nSPS) is 12.5. The van der Waals surface area contributed by atoms with Crippen LogP contribution in [0, 0.1) is 6.92 Å². The second-order valence-corrected chi connectivity index (χ2v) is 3.78. The van der Waals surface area contributed by atoms with Crippen LogP contribution in [0.1, 0.15) is 49.2 Å². The first-order valence-electron chi connectivity index (χ1n) is 5.49. The lowest BCUT2D eigenvalue weighted by atomic mass is 10.1. The fraction of sp³-hybridized carbons (Fsp3) is 0.636. The Morgan fingerprint density at radius 2 is 2.33 bits per heavy atom. The van der Waals surface area contributed by atoms with E-state index in [9.17, 15) is 4.79 Å². The van der Waals surface area contributed by atoms with E-state index in [1.165, 1.54) is 0 Å². The molecule has 84 valence electrons. The Kier molecular flexibility index (Phi) is 4.34. The zero-order chi connectivity index (χ0) is 11.3. The van der Waals surface area contributed by atoms with Crippen LogP contribution in [0.2, 0.25) is 0 Å². The maximum absolute atomic E-state index is 11.8. The summed E-state index contributed by atoms with van der Waals surface area (Å²) in [5, 5.41) is 9.61. The molecule has 1 amide bonds. The van der Waals surface area contributed by atoms with E-state index >= 15 is 0 Å². The molecule has 1 rings (SSSR count). The Balaban J connectivity index is 2.58. The van der Waals surface area contributed by atoms with Crippen molar-refractivity contribution in [3.8, 4) is 0 Å². The number of carbonyl (C=O) groups excluding carboxylic acids is 1. The number of amides is 1. The summed E-state index contributed by atoms with van der Waals surface area (Å²) in [5.74, 6) is -0.0263. The number of aromatic amines is 1. The predicted molar refractivity (Wildman–Crippen MR) is 59.8 cm³/mol. The van der Waals surface area contributed by atoms with Gasteiger partial charge >= 0.3 is 0 Å². The number of rotatable bonds is 5. The Labute approximate surface area is 90.5 Å². The van der Waals surface area contributed by atoms with Crippen molar-refractivity contribution < 1.29 is 4.79 Å². The van der Waals surface area contributed by atoms with Crippen molar-refractivity contribution in [1.29, 1.82) is 0 Å². The van der Waals surface area contributed by atoms with E-state index in [2.05, 4.69) is 29.4 Å². The highest BCUT2D eigenvalue weighted by atomic mass is 16.1. The second-order valence-electron chi connectivity index (χ2n) is 3.78. The standard InChI is InChI=1S/C11H19N3O/c1-4-6-9(5-2)13-11(15)10-7-12-14-8(10)3/h7,9H,4-6H2,1-3H3,(H,12,14)(H,13,15). The third kappa shape index (κ3) is 3.08. The van der Waals surface area contributed by atoms with Gasteiger partial charge in [0.15, 0.2) is 0 Å². The van der Waals surface area contributed by atoms with Gasteiger partial charge < -0.3 is 5.32 Å². The van der Waals surface area contributed by atoms with E-state index in [1.54, 1.807) is 6.20 Å². The summed E-state index contributed by atoms with van der Waals surface area (Å²) < 4.78 is 0. The molecule has 0 aromatic carbocycles. The van der Waals surface area contributed by atoms with Gasteiger partial charge in [0.05, 0.1) is 11.8 Å².